The predicted molar refractivity (Wildman–Crippen MR) is 135 cm³/mol. The molecule has 2 amide bonds. The molecular formula is C28H27N3O3. The molecule has 0 unspecified atom stereocenters. The third-order valence-electron chi connectivity index (χ3n) is 5.64. The average Bonchev–Trinajstić information content (AvgIpc) is 3.19. The maximum absolute atomic E-state index is 13.1. The first-order valence-electron chi connectivity index (χ1n) is 11.1. The Morgan fingerprint density at radius 2 is 1.65 bits per heavy atom. The zero-order valence-corrected chi connectivity index (χ0v) is 19.2. The van der Waals surface area contributed by atoms with Crippen LogP contribution in [0, 0.1) is 6.92 Å². The summed E-state index contributed by atoms with van der Waals surface area (Å²) in [6, 6.07) is 24.4. The molecule has 0 atom stereocenters. The van der Waals surface area contributed by atoms with Gasteiger partial charge in [0.1, 0.15) is 11.4 Å². The van der Waals surface area contributed by atoms with Crippen molar-refractivity contribution in [2.75, 3.05) is 13.7 Å². The number of hydrogen-bond acceptors (Lipinski definition) is 3. The third kappa shape index (κ3) is 5.18. The number of ether oxygens (including phenoxy) is 1. The Balaban J connectivity index is 1.51. The van der Waals surface area contributed by atoms with E-state index in [0.29, 0.717) is 24.3 Å². The second kappa shape index (κ2) is 10.5. The van der Waals surface area contributed by atoms with Gasteiger partial charge in [-0.05, 0) is 48.7 Å². The normalized spacial score (nSPS) is 11.3. The molecule has 34 heavy (non-hydrogen) atoms. The van der Waals surface area contributed by atoms with Gasteiger partial charge in [0.05, 0.1) is 12.7 Å². The van der Waals surface area contributed by atoms with E-state index in [0.717, 1.165) is 22.2 Å². The lowest BCUT2D eigenvalue weighted by molar-refractivity contribution is -0.117. The lowest BCUT2D eigenvalue weighted by atomic mass is 10.1. The summed E-state index contributed by atoms with van der Waals surface area (Å²) in [4.78, 5) is 29.5. The second-order valence-corrected chi connectivity index (χ2v) is 7.90. The molecule has 0 bridgehead atoms. The number of carbonyl (C=O) groups excluding carboxylic acids is 2. The fourth-order valence-corrected chi connectivity index (χ4v) is 3.95. The highest BCUT2D eigenvalue weighted by Gasteiger charge is 2.17. The van der Waals surface area contributed by atoms with Crippen molar-refractivity contribution in [3.8, 4) is 5.75 Å². The van der Waals surface area contributed by atoms with Crippen LogP contribution in [-0.2, 0) is 11.2 Å². The Kier molecular flexibility index (Phi) is 7.08. The summed E-state index contributed by atoms with van der Waals surface area (Å²) in [7, 11) is 1.51. The molecule has 0 aliphatic heterocycles. The maximum atomic E-state index is 13.1. The van der Waals surface area contributed by atoms with Crippen LogP contribution >= 0.6 is 0 Å². The van der Waals surface area contributed by atoms with Crippen LogP contribution < -0.4 is 15.4 Å². The monoisotopic (exact) mass is 453 g/mol. The first-order valence-corrected chi connectivity index (χ1v) is 11.1. The molecule has 0 spiro atoms. The van der Waals surface area contributed by atoms with E-state index >= 15 is 0 Å². The third-order valence-corrected chi connectivity index (χ3v) is 5.64. The van der Waals surface area contributed by atoms with E-state index in [1.807, 2.05) is 55.5 Å². The van der Waals surface area contributed by atoms with Gasteiger partial charge in [0.2, 0.25) is 0 Å². The van der Waals surface area contributed by atoms with Gasteiger partial charge in [-0.2, -0.15) is 0 Å². The highest BCUT2D eigenvalue weighted by Crippen LogP contribution is 2.22. The van der Waals surface area contributed by atoms with E-state index in [-0.39, 0.29) is 11.6 Å². The van der Waals surface area contributed by atoms with Crippen molar-refractivity contribution in [3.63, 3.8) is 0 Å². The van der Waals surface area contributed by atoms with E-state index in [1.54, 1.807) is 30.3 Å². The number of benzene rings is 3. The topological polar surface area (TPSA) is 83.2 Å². The molecule has 0 radical (unpaired) electrons. The molecule has 0 aliphatic rings. The number of aromatic amines is 1. The minimum Gasteiger partial charge on any atom is -0.496 e. The number of aromatic nitrogens is 1. The van der Waals surface area contributed by atoms with Gasteiger partial charge in [-0.15, -0.1) is 0 Å². The Hall–Kier alpha value is -4.32. The van der Waals surface area contributed by atoms with Crippen molar-refractivity contribution < 1.29 is 14.3 Å². The zero-order valence-electron chi connectivity index (χ0n) is 19.2. The quantitative estimate of drug-likeness (QED) is 0.341. The molecule has 6 nitrogen and oxygen atoms in total. The second-order valence-electron chi connectivity index (χ2n) is 7.90. The van der Waals surface area contributed by atoms with E-state index in [1.165, 1.54) is 12.7 Å². The number of H-pyrrole nitrogens is 1. The zero-order chi connectivity index (χ0) is 23.9. The molecule has 6 heteroatoms. The van der Waals surface area contributed by atoms with Gasteiger partial charge in [0.15, 0.2) is 0 Å². The van der Waals surface area contributed by atoms with Crippen molar-refractivity contribution in [1.82, 2.24) is 15.6 Å². The predicted octanol–water partition coefficient (Wildman–Crippen LogP) is 4.61. The van der Waals surface area contributed by atoms with Crippen LogP contribution in [0.3, 0.4) is 0 Å². The minimum atomic E-state index is -0.415. The van der Waals surface area contributed by atoms with Gasteiger partial charge in [-0.1, -0.05) is 60.7 Å². The Bertz CT molecular complexity index is 1340. The fraction of sp³-hybridized carbons (Fsp3) is 0.143. The largest absolute Gasteiger partial charge is 0.496 e. The first kappa shape index (κ1) is 22.9. The lowest BCUT2D eigenvalue weighted by Crippen LogP contribution is -2.36. The summed E-state index contributed by atoms with van der Waals surface area (Å²) >= 11 is 0. The summed E-state index contributed by atoms with van der Waals surface area (Å²) in [5.74, 6) is -0.332. The minimum absolute atomic E-state index is 0.165. The first-order chi connectivity index (χ1) is 16.6. The number of nitrogens with one attached hydrogen (secondary N) is 3. The molecule has 1 heterocycles. The Morgan fingerprint density at radius 3 is 2.44 bits per heavy atom. The van der Waals surface area contributed by atoms with Crippen LogP contribution in [0.2, 0.25) is 0 Å². The van der Waals surface area contributed by atoms with Crippen molar-refractivity contribution in [3.05, 3.63) is 107 Å². The molecule has 3 N–H and O–H groups in total. The number of aryl methyl sites for hydroxylation is 1. The molecule has 0 fully saturated rings. The van der Waals surface area contributed by atoms with Crippen molar-refractivity contribution in [2.45, 2.75) is 13.3 Å². The van der Waals surface area contributed by atoms with E-state index in [2.05, 4.69) is 21.7 Å². The molecule has 0 saturated heterocycles. The summed E-state index contributed by atoms with van der Waals surface area (Å²) in [6.45, 7) is 2.46. The van der Waals surface area contributed by atoms with Gasteiger partial charge in [-0.25, -0.2) is 0 Å². The van der Waals surface area contributed by atoms with Crippen LogP contribution in [-0.4, -0.2) is 30.5 Å². The van der Waals surface area contributed by atoms with Crippen LogP contribution in [0.1, 0.15) is 27.2 Å². The Morgan fingerprint density at radius 1 is 0.941 bits per heavy atom. The summed E-state index contributed by atoms with van der Waals surface area (Å²) in [6.07, 6.45) is 2.33. The molecular weight excluding hydrogens is 426 g/mol. The number of fused-ring (bicyclic) bond motifs is 1. The number of amides is 2. The van der Waals surface area contributed by atoms with Crippen LogP contribution in [0.25, 0.3) is 17.0 Å². The smallest absolute Gasteiger partial charge is 0.267 e. The van der Waals surface area contributed by atoms with Crippen molar-refractivity contribution >= 4 is 28.8 Å². The van der Waals surface area contributed by atoms with E-state index in [4.69, 9.17) is 4.74 Å². The highest BCUT2D eigenvalue weighted by atomic mass is 16.5. The molecule has 172 valence electrons. The SMILES string of the molecule is COc1ccccc1C(=O)N/C(=C\c1ccccc1)C(=O)NCCc1c(C)[nH]c2ccccc12. The van der Waals surface area contributed by atoms with Crippen molar-refractivity contribution in [2.24, 2.45) is 0 Å². The molecule has 4 aromatic rings. The molecule has 0 aliphatic carbocycles. The van der Waals surface area contributed by atoms with E-state index < -0.39 is 5.91 Å². The lowest BCUT2D eigenvalue weighted by Gasteiger charge is -2.13. The van der Waals surface area contributed by atoms with E-state index in [9.17, 15) is 9.59 Å². The molecule has 0 saturated carbocycles. The Labute approximate surface area is 198 Å². The van der Waals surface area contributed by atoms with Gasteiger partial charge in [-0.3, -0.25) is 9.59 Å². The van der Waals surface area contributed by atoms with Crippen LogP contribution in [0.4, 0.5) is 0 Å². The van der Waals surface area contributed by atoms with Crippen molar-refractivity contribution in [1.29, 1.82) is 0 Å². The average molecular weight is 454 g/mol. The summed E-state index contributed by atoms with van der Waals surface area (Å²) in [5, 5.41) is 6.87. The number of para-hydroxylation sites is 2. The number of methoxy groups -OCH3 is 1. The highest BCUT2D eigenvalue weighted by molar-refractivity contribution is 6.06. The summed E-state index contributed by atoms with van der Waals surface area (Å²) < 4.78 is 5.30. The molecule has 3 aromatic carbocycles. The van der Waals surface area contributed by atoms with Gasteiger partial charge in [0, 0.05) is 23.1 Å². The van der Waals surface area contributed by atoms with Crippen LogP contribution in [0.5, 0.6) is 5.75 Å². The van der Waals surface area contributed by atoms with Gasteiger partial charge < -0.3 is 20.4 Å². The fourth-order valence-electron chi connectivity index (χ4n) is 3.95. The number of carbonyl (C=O) groups is 2. The van der Waals surface area contributed by atoms with Gasteiger partial charge >= 0.3 is 0 Å². The molecule has 4 rings (SSSR count). The summed E-state index contributed by atoms with van der Waals surface area (Å²) in [5.41, 5.74) is 4.65. The number of rotatable bonds is 8. The van der Waals surface area contributed by atoms with Gasteiger partial charge in [0.25, 0.3) is 11.8 Å². The molecule has 1 aromatic heterocycles. The standard InChI is InChI=1S/C28H27N3O3/c1-19-21(22-12-6-8-14-24(22)30-19)16-17-29-28(33)25(18-20-10-4-3-5-11-20)31-27(32)23-13-7-9-15-26(23)34-2/h3-15,18,30H,16-17H2,1-2H3,(H,29,33)(H,31,32)/b25-18-. The number of hydrogen-bond donors (Lipinski definition) is 3. The van der Waals surface area contributed by atoms with Crippen LogP contribution in [0.15, 0.2) is 84.6 Å². The maximum Gasteiger partial charge on any atom is 0.267 e.